The van der Waals surface area contributed by atoms with Crippen LogP contribution in [0.1, 0.15) is 24.2 Å². The van der Waals surface area contributed by atoms with Crippen molar-refractivity contribution in [3.63, 3.8) is 0 Å². The van der Waals surface area contributed by atoms with Crippen molar-refractivity contribution in [1.29, 1.82) is 0 Å². The molecule has 1 rings (SSSR count). The molecule has 1 aromatic rings. The van der Waals surface area contributed by atoms with Gasteiger partial charge in [0, 0.05) is 6.07 Å². The second-order valence-electron chi connectivity index (χ2n) is 4.39. The molecule has 2 N–H and O–H groups in total. The fourth-order valence-corrected chi connectivity index (χ4v) is 2.89. The zero-order chi connectivity index (χ0) is 14.8. The zero-order valence-corrected chi connectivity index (χ0v) is 11.1. The van der Waals surface area contributed by atoms with Gasteiger partial charge in [-0.3, -0.25) is 4.72 Å². The van der Waals surface area contributed by atoms with Crippen LogP contribution in [0, 0.1) is 17.6 Å². The first-order chi connectivity index (χ1) is 8.62. The maximum atomic E-state index is 13.4. The fourth-order valence-electron chi connectivity index (χ4n) is 1.44. The van der Waals surface area contributed by atoms with E-state index in [1.165, 1.54) is 0 Å². The largest absolute Gasteiger partial charge is 0.478 e. The zero-order valence-electron chi connectivity index (χ0n) is 10.3. The highest BCUT2D eigenvalue weighted by molar-refractivity contribution is 7.92. The molecule has 0 fully saturated rings. The van der Waals surface area contributed by atoms with Crippen LogP contribution in [0.3, 0.4) is 0 Å². The second kappa shape index (κ2) is 5.52. The van der Waals surface area contributed by atoms with E-state index < -0.39 is 38.9 Å². The fraction of sp³-hybridized carbons (Fsp3) is 0.364. The van der Waals surface area contributed by atoms with Crippen molar-refractivity contribution >= 4 is 21.7 Å². The smallest absolute Gasteiger partial charge is 0.338 e. The Kier molecular flexibility index (Phi) is 4.46. The van der Waals surface area contributed by atoms with Gasteiger partial charge in [-0.15, -0.1) is 0 Å². The van der Waals surface area contributed by atoms with Crippen molar-refractivity contribution in [3.8, 4) is 0 Å². The molecule has 19 heavy (non-hydrogen) atoms. The van der Waals surface area contributed by atoms with Crippen molar-refractivity contribution < 1.29 is 27.1 Å². The molecule has 0 bridgehead atoms. The highest BCUT2D eigenvalue weighted by Gasteiger charge is 2.19. The normalized spacial score (nSPS) is 11.6. The van der Waals surface area contributed by atoms with E-state index in [1.54, 1.807) is 13.8 Å². The Labute approximate surface area is 109 Å². The lowest BCUT2D eigenvalue weighted by atomic mass is 10.2. The number of halogens is 2. The summed E-state index contributed by atoms with van der Waals surface area (Å²) in [6.07, 6.45) is 0. The van der Waals surface area contributed by atoms with Gasteiger partial charge in [-0.2, -0.15) is 0 Å². The van der Waals surface area contributed by atoms with Gasteiger partial charge in [-0.05, 0) is 12.0 Å². The average molecular weight is 293 g/mol. The Balaban J connectivity index is 3.15. The summed E-state index contributed by atoms with van der Waals surface area (Å²) >= 11 is 0. The van der Waals surface area contributed by atoms with Crippen LogP contribution in [0.25, 0.3) is 0 Å². The van der Waals surface area contributed by atoms with Crippen molar-refractivity contribution in [2.45, 2.75) is 13.8 Å². The number of nitrogens with one attached hydrogen (secondary N) is 1. The van der Waals surface area contributed by atoms with E-state index >= 15 is 0 Å². The molecular formula is C11H13F2NO4S. The van der Waals surface area contributed by atoms with Crippen molar-refractivity contribution in [2.24, 2.45) is 5.92 Å². The first kappa shape index (κ1) is 15.4. The molecule has 8 heteroatoms. The van der Waals surface area contributed by atoms with Gasteiger partial charge in [-0.25, -0.2) is 22.0 Å². The first-order valence-corrected chi connectivity index (χ1v) is 7.00. The summed E-state index contributed by atoms with van der Waals surface area (Å²) in [6, 6.07) is 0.946. The molecule has 1 aromatic carbocycles. The van der Waals surface area contributed by atoms with Crippen LogP contribution in [0.5, 0.6) is 0 Å². The predicted octanol–water partition coefficient (Wildman–Crippen LogP) is 2.06. The Morgan fingerprint density at radius 3 is 2.37 bits per heavy atom. The molecule has 0 spiro atoms. The van der Waals surface area contributed by atoms with E-state index in [1.807, 2.05) is 4.72 Å². The molecule has 0 saturated heterocycles. The summed E-state index contributed by atoms with van der Waals surface area (Å²) in [5.41, 5.74) is -1.39. The average Bonchev–Trinajstić information content (AvgIpc) is 2.19. The summed E-state index contributed by atoms with van der Waals surface area (Å²) in [7, 11) is -3.82. The van der Waals surface area contributed by atoms with E-state index in [0.717, 1.165) is 0 Å². The van der Waals surface area contributed by atoms with Gasteiger partial charge < -0.3 is 5.11 Å². The molecule has 0 aliphatic rings. The van der Waals surface area contributed by atoms with Gasteiger partial charge in [0.25, 0.3) is 0 Å². The predicted molar refractivity (Wildman–Crippen MR) is 65.6 cm³/mol. The number of sulfonamides is 1. The van der Waals surface area contributed by atoms with E-state index in [4.69, 9.17) is 5.11 Å². The van der Waals surface area contributed by atoms with Crippen LogP contribution >= 0.6 is 0 Å². The van der Waals surface area contributed by atoms with Crippen LogP contribution < -0.4 is 4.72 Å². The maximum Gasteiger partial charge on any atom is 0.338 e. The number of carboxylic acids is 1. The first-order valence-electron chi connectivity index (χ1n) is 5.35. The molecule has 0 radical (unpaired) electrons. The molecule has 106 valence electrons. The van der Waals surface area contributed by atoms with Gasteiger partial charge in [0.05, 0.1) is 17.0 Å². The Hall–Kier alpha value is -1.70. The lowest BCUT2D eigenvalue weighted by Crippen LogP contribution is -2.21. The van der Waals surface area contributed by atoms with E-state index in [0.29, 0.717) is 12.1 Å². The molecule has 0 aromatic heterocycles. The topological polar surface area (TPSA) is 83.5 Å². The lowest BCUT2D eigenvalue weighted by Gasteiger charge is -2.11. The van der Waals surface area contributed by atoms with Crippen LogP contribution in [-0.2, 0) is 10.0 Å². The third-order valence-corrected chi connectivity index (χ3v) is 3.74. The van der Waals surface area contributed by atoms with Crippen LogP contribution in [0.15, 0.2) is 12.1 Å². The van der Waals surface area contributed by atoms with Gasteiger partial charge in [0.1, 0.15) is 11.6 Å². The second-order valence-corrected chi connectivity index (χ2v) is 6.16. The standard InChI is InChI=1S/C11H13F2NO4S/c1-6(2)5-19(17,18)14-10-3-7(11(15)16)8(12)4-9(10)13/h3-4,6,14H,5H2,1-2H3,(H,15,16). The van der Waals surface area contributed by atoms with Gasteiger partial charge >= 0.3 is 5.97 Å². The summed E-state index contributed by atoms with van der Waals surface area (Å²) in [4.78, 5) is 10.7. The van der Waals surface area contributed by atoms with E-state index in [9.17, 15) is 22.0 Å². The van der Waals surface area contributed by atoms with Crippen molar-refractivity contribution in [1.82, 2.24) is 0 Å². The number of carboxylic acid groups (broad SMARTS) is 1. The number of anilines is 1. The third-order valence-electron chi connectivity index (χ3n) is 2.11. The molecule has 0 saturated carbocycles. The minimum absolute atomic E-state index is 0.194. The Morgan fingerprint density at radius 2 is 1.89 bits per heavy atom. The summed E-state index contributed by atoms with van der Waals surface area (Å²) in [5, 5.41) is 8.69. The van der Waals surface area contributed by atoms with E-state index in [-0.39, 0.29) is 11.7 Å². The molecule has 0 heterocycles. The summed E-state index contributed by atoms with van der Waals surface area (Å²) < 4.78 is 51.7. The molecule has 0 atom stereocenters. The summed E-state index contributed by atoms with van der Waals surface area (Å²) in [5.74, 6) is -4.50. The SMILES string of the molecule is CC(C)CS(=O)(=O)Nc1cc(C(=O)O)c(F)cc1F. The van der Waals surface area contributed by atoms with Gasteiger partial charge in [0.2, 0.25) is 10.0 Å². The lowest BCUT2D eigenvalue weighted by molar-refractivity contribution is 0.0692. The van der Waals surface area contributed by atoms with Crippen LogP contribution in [0.2, 0.25) is 0 Å². The van der Waals surface area contributed by atoms with Crippen LogP contribution in [-0.4, -0.2) is 25.2 Å². The minimum atomic E-state index is -3.82. The number of hydrogen-bond acceptors (Lipinski definition) is 3. The number of rotatable bonds is 5. The molecule has 0 aliphatic carbocycles. The summed E-state index contributed by atoms with van der Waals surface area (Å²) in [6.45, 7) is 3.31. The van der Waals surface area contributed by atoms with Crippen LogP contribution in [0.4, 0.5) is 14.5 Å². The highest BCUT2D eigenvalue weighted by Crippen LogP contribution is 2.21. The highest BCUT2D eigenvalue weighted by atomic mass is 32.2. The molecule has 0 aliphatic heterocycles. The van der Waals surface area contributed by atoms with Crippen molar-refractivity contribution in [2.75, 3.05) is 10.5 Å². The number of carbonyl (C=O) groups is 1. The van der Waals surface area contributed by atoms with Crippen molar-refractivity contribution in [3.05, 3.63) is 29.3 Å². The minimum Gasteiger partial charge on any atom is -0.478 e. The van der Waals surface area contributed by atoms with Gasteiger partial charge in [-0.1, -0.05) is 13.8 Å². The molecule has 5 nitrogen and oxygen atoms in total. The number of benzene rings is 1. The maximum absolute atomic E-state index is 13.4. The van der Waals surface area contributed by atoms with E-state index in [2.05, 4.69) is 0 Å². The quantitative estimate of drug-likeness (QED) is 0.870. The molecule has 0 unspecified atom stereocenters. The molecular weight excluding hydrogens is 280 g/mol. The Bertz CT molecular complexity index is 599. The molecule has 0 amide bonds. The number of aromatic carboxylic acids is 1. The Morgan fingerprint density at radius 1 is 1.32 bits per heavy atom. The third kappa shape index (κ3) is 4.16. The number of hydrogen-bond donors (Lipinski definition) is 2. The monoisotopic (exact) mass is 293 g/mol. The van der Waals surface area contributed by atoms with Gasteiger partial charge in [0.15, 0.2) is 0 Å².